The van der Waals surface area contributed by atoms with E-state index in [1.54, 1.807) is 22.8 Å². The van der Waals surface area contributed by atoms with Crippen LogP contribution in [0.1, 0.15) is 18.9 Å². The first-order chi connectivity index (χ1) is 13.9. The van der Waals surface area contributed by atoms with Crippen molar-refractivity contribution in [1.82, 2.24) is 14.8 Å². The molecule has 1 amide bonds. The van der Waals surface area contributed by atoms with E-state index in [1.165, 1.54) is 36.0 Å². The lowest BCUT2D eigenvalue weighted by atomic mass is 10.2. The molecule has 0 unspecified atom stereocenters. The number of benzene rings is 2. The molecule has 3 aromatic rings. The number of amides is 1. The van der Waals surface area contributed by atoms with Crippen molar-refractivity contribution in [1.29, 1.82) is 0 Å². The Hall–Kier alpha value is -2.46. The lowest BCUT2D eigenvalue weighted by molar-refractivity contribution is -0.113. The van der Waals surface area contributed by atoms with Gasteiger partial charge in [-0.1, -0.05) is 39.8 Å². The molecule has 0 saturated heterocycles. The smallest absolute Gasteiger partial charge is 0.263 e. The largest absolute Gasteiger partial charge is 0.507 e. The Labute approximate surface area is 178 Å². The van der Waals surface area contributed by atoms with Crippen molar-refractivity contribution in [2.24, 2.45) is 0 Å². The van der Waals surface area contributed by atoms with Gasteiger partial charge in [0.15, 0.2) is 11.0 Å². The summed E-state index contributed by atoms with van der Waals surface area (Å²) >= 11 is 4.57. The maximum absolute atomic E-state index is 12.6. The van der Waals surface area contributed by atoms with Crippen LogP contribution in [0.15, 0.2) is 52.1 Å². The van der Waals surface area contributed by atoms with Gasteiger partial charge in [-0.25, -0.2) is 8.78 Å². The van der Waals surface area contributed by atoms with Crippen LogP contribution in [0.4, 0.5) is 14.5 Å². The highest BCUT2D eigenvalue weighted by Gasteiger charge is 2.17. The molecule has 3 rings (SSSR count). The number of rotatable bonds is 7. The highest BCUT2D eigenvalue weighted by molar-refractivity contribution is 9.10. The van der Waals surface area contributed by atoms with Crippen LogP contribution < -0.4 is 5.32 Å². The topological polar surface area (TPSA) is 80.0 Å². The second-order valence-corrected chi connectivity index (χ2v) is 7.83. The summed E-state index contributed by atoms with van der Waals surface area (Å²) in [4.78, 5) is 12.2. The van der Waals surface area contributed by atoms with Crippen LogP contribution in [0.3, 0.4) is 0 Å². The summed E-state index contributed by atoms with van der Waals surface area (Å²) < 4.78 is 27.8. The number of aromatic hydroxyl groups is 1. The fourth-order valence-electron chi connectivity index (χ4n) is 2.61. The van der Waals surface area contributed by atoms with Crippen molar-refractivity contribution in [2.75, 3.05) is 11.1 Å². The minimum Gasteiger partial charge on any atom is -0.507 e. The van der Waals surface area contributed by atoms with Gasteiger partial charge in [-0.05, 0) is 37.3 Å². The number of carbonyl (C=O) groups is 1. The summed E-state index contributed by atoms with van der Waals surface area (Å²) in [6.45, 7) is 2.46. The average molecular weight is 483 g/mol. The number of aromatic nitrogens is 3. The maximum Gasteiger partial charge on any atom is 0.263 e. The number of halogens is 3. The average Bonchev–Trinajstić information content (AvgIpc) is 3.11. The number of nitrogens with one attached hydrogen (secondary N) is 1. The molecule has 29 heavy (non-hydrogen) atoms. The van der Waals surface area contributed by atoms with Gasteiger partial charge in [0, 0.05) is 22.3 Å². The number of phenols is 1. The van der Waals surface area contributed by atoms with Crippen LogP contribution in [-0.4, -0.2) is 31.5 Å². The lowest BCUT2D eigenvalue weighted by Gasteiger charge is -2.09. The molecule has 1 heterocycles. The molecule has 0 aliphatic carbocycles. The van der Waals surface area contributed by atoms with Crippen LogP contribution in [-0.2, 0) is 11.3 Å². The van der Waals surface area contributed by atoms with Crippen LogP contribution in [0, 0.1) is 0 Å². The molecule has 0 atom stereocenters. The van der Waals surface area contributed by atoms with Gasteiger partial charge in [-0.3, -0.25) is 4.79 Å². The van der Waals surface area contributed by atoms with E-state index in [1.807, 2.05) is 6.92 Å². The quantitative estimate of drug-likeness (QED) is 0.457. The minimum absolute atomic E-state index is 0.0686. The first kappa shape index (κ1) is 21.3. The number of alkyl halides is 2. The molecule has 1 aromatic heterocycles. The first-order valence-electron chi connectivity index (χ1n) is 8.62. The number of phenolic OH excluding ortho intramolecular Hbond substituents is 1. The van der Waals surface area contributed by atoms with E-state index in [9.17, 15) is 18.7 Å². The standard InChI is InChI=1S/C19H17BrF2N4O2S/c1-2-26-18(14-9-12(20)5-8-15(14)27)24-25-19(26)29-10-16(28)23-13-6-3-11(4-7-13)17(21)22/h3-9,17,27H,2,10H2,1H3,(H,23,28). The van der Waals surface area contributed by atoms with E-state index in [2.05, 4.69) is 31.4 Å². The molecule has 2 aromatic carbocycles. The molecule has 0 fully saturated rings. The maximum atomic E-state index is 12.6. The van der Waals surface area contributed by atoms with Gasteiger partial charge in [0.2, 0.25) is 5.91 Å². The zero-order valence-electron chi connectivity index (χ0n) is 15.3. The zero-order chi connectivity index (χ0) is 21.0. The van der Waals surface area contributed by atoms with E-state index in [-0.39, 0.29) is 23.0 Å². The molecule has 0 aliphatic rings. The Bertz CT molecular complexity index is 1010. The van der Waals surface area contributed by atoms with Gasteiger partial charge >= 0.3 is 0 Å². The molecular formula is C19H17BrF2N4O2S. The molecule has 0 saturated carbocycles. The predicted molar refractivity (Wildman–Crippen MR) is 111 cm³/mol. The summed E-state index contributed by atoms with van der Waals surface area (Å²) in [6, 6.07) is 10.5. The Morgan fingerprint density at radius 2 is 1.97 bits per heavy atom. The van der Waals surface area contributed by atoms with Crippen molar-refractivity contribution >= 4 is 39.3 Å². The number of anilines is 1. The van der Waals surface area contributed by atoms with Crippen LogP contribution in [0.25, 0.3) is 11.4 Å². The Morgan fingerprint density at radius 1 is 1.24 bits per heavy atom. The lowest BCUT2D eigenvalue weighted by Crippen LogP contribution is -2.14. The third-order valence-electron chi connectivity index (χ3n) is 4.01. The van der Waals surface area contributed by atoms with Gasteiger partial charge in [0.25, 0.3) is 6.43 Å². The van der Waals surface area contributed by atoms with E-state index in [4.69, 9.17) is 0 Å². The van der Waals surface area contributed by atoms with Gasteiger partial charge in [-0.15, -0.1) is 10.2 Å². The zero-order valence-corrected chi connectivity index (χ0v) is 17.7. The number of thioether (sulfide) groups is 1. The Morgan fingerprint density at radius 3 is 2.62 bits per heavy atom. The van der Waals surface area contributed by atoms with Gasteiger partial charge in [0.1, 0.15) is 5.75 Å². The van der Waals surface area contributed by atoms with Gasteiger partial charge < -0.3 is 15.0 Å². The van der Waals surface area contributed by atoms with Gasteiger partial charge in [0.05, 0.1) is 11.3 Å². The molecule has 2 N–H and O–H groups in total. The van der Waals surface area contributed by atoms with E-state index < -0.39 is 6.43 Å². The second-order valence-electron chi connectivity index (χ2n) is 5.97. The monoisotopic (exact) mass is 482 g/mol. The number of hydrogen-bond acceptors (Lipinski definition) is 5. The van der Waals surface area contributed by atoms with Crippen LogP contribution in [0.2, 0.25) is 0 Å². The van der Waals surface area contributed by atoms with Gasteiger partial charge in [-0.2, -0.15) is 0 Å². The first-order valence-corrected chi connectivity index (χ1v) is 10.4. The third-order valence-corrected chi connectivity index (χ3v) is 5.47. The molecule has 10 heteroatoms. The van der Waals surface area contributed by atoms with Crippen molar-refractivity contribution < 1.29 is 18.7 Å². The van der Waals surface area contributed by atoms with E-state index >= 15 is 0 Å². The molecule has 6 nitrogen and oxygen atoms in total. The number of carbonyl (C=O) groups excluding carboxylic acids is 1. The Kier molecular flexibility index (Phi) is 6.86. The second kappa shape index (κ2) is 9.36. The highest BCUT2D eigenvalue weighted by Crippen LogP contribution is 2.32. The SMILES string of the molecule is CCn1c(SCC(=O)Nc2ccc(C(F)F)cc2)nnc1-c1cc(Br)ccc1O. The number of hydrogen-bond donors (Lipinski definition) is 2. The Balaban J connectivity index is 1.68. The highest BCUT2D eigenvalue weighted by atomic mass is 79.9. The van der Waals surface area contributed by atoms with Crippen molar-refractivity contribution in [3.05, 3.63) is 52.5 Å². The van der Waals surface area contributed by atoms with E-state index in [0.717, 1.165) is 4.47 Å². The molecule has 0 spiro atoms. The molecule has 0 bridgehead atoms. The summed E-state index contributed by atoms with van der Waals surface area (Å²) in [5.74, 6) is 0.352. The molecule has 0 radical (unpaired) electrons. The van der Waals surface area contributed by atoms with E-state index in [0.29, 0.717) is 28.8 Å². The third kappa shape index (κ3) is 5.13. The predicted octanol–water partition coefficient (Wildman–Crippen LogP) is 5.10. The fourth-order valence-corrected chi connectivity index (χ4v) is 3.77. The summed E-state index contributed by atoms with van der Waals surface area (Å²) in [5.41, 5.74) is 0.873. The molecular weight excluding hydrogens is 466 g/mol. The van der Waals surface area contributed by atoms with Crippen LogP contribution >= 0.6 is 27.7 Å². The molecule has 0 aliphatic heterocycles. The fraction of sp³-hybridized carbons (Fsp3) is 0.211. The van der Waals surface area contributed by atoms with Crippen molar-refractivity contribution in [3.8, 4) is 17.1 Å². The molecule has 152 valence electrons. The summed E-state index contributed by atoms with van der Waals surface area (Å²) in [5, 5.41) is 21.6. The minimum atomic E-state index is -2.55. The van der Waals surface area contributed by atoms with Crippen LogP contribution in [0.5, 0.6) is 5.75 Å². The van der Waals surface area contributed by atoms with Crippen molar-refractivity contribution in [3.63, 3.8) is 0 Å². The summed E-state index contributed by atoms with van der Waals surface area (Å²) in [7, 11) is 0. The normalized spacial score (nSPS) is 11.1. The summed E-state index contributed by atoms with van der Waals surface area (Å²) in [6.07, 6.45) is -2.55. The number of nitrogens with zero attached hydrogens (tertiary/aromatic N) is 3. The van der Waals surface area contributed by atoms with Crippen molar-refractivity contribution in [2.45, 2.75) is 25.1 Å².